The van der Waals surface area contributed by atoms with Crippen LogP contribution in [-0.2, 0) is 9.59 Å². The van der Waals surface area contributed by atoms with Crippen molar-refractivity contribution in [3.8, 4) is 0 Å². The number of aliphatic carboxylic acids is 1. The van der Waals surface area contributed by atoms with E-state index in [2.05, 4.69) is 0 Å². The second-order valence-corrected chi connectivity index (χ2v) is 4.29. The average molecular weight is 294 g/mol. The Labute approximate surface area is 112 Å². The molecule has 20 heavy (non-hydrogen) atoms. The predicted molar refractivity (Wildman–Crippen MR) is 60.7 cm³/mol. The maximum absolute atomic E-state index is 12.5. The summed E-state index contributed by atoms with van der Waals surface area (Å²) in [6.07, 6.45) is -3.11. The molecule has 1 unspecified atom stereocenters. The van der Waals surface area contributed by atoms with E-state index in [-0.39, 0.29) is 19.4 Å². The van der Waals surface area contributed by atoms with E-state index in [4.69, 9.17) is 5.11 Å². The van der Waals surface area contributed by atoms with Crippen molar-refractivity contribution in [2.24, 2.45) is 5.92 Å². The van der Waals surface area contributed by atoms with Crippen LogP contribution in [-0.4, -0.2) is 47.2 Å². The topological polar surface area (TPSA) is 86.7 Å². The highest BCUT2D eigenvalue weighted by atomic mass is 19.4. The van der Waals surface area contributed by atoms with E-state index in [1.165, 1.54) is 0 Å². The molecule has 0 bridgehead atoms. The summed E-state index contributed by atoms with van der Waals surface area (Å²) >= 11 is 0. The maximum atomic E-state index is 12.5. The molecule has 0 aliphatic carbocycles. The minimum absolute atomic E-state index is 0.0554. The lowest BCUT2D eigenvalue weighted by molar-refractivity contribution is -0.183. The number of carbonyl (C=O) groups excluding carboxylic acids is 2. The van der Waals surface area contributed by atoms with Gasteiger partial charge < -0.3 is 10.0 Å². The summed E-state index contributed by atoms with van der Waals surface area (Å²) in [6, 6.07) is -0.959. The zero-order valence-electron chi connectivity index (χ0n) is 10.3. The third-order valence-electron chi connectivity index (χ3n) is 2.78. The van der Waals surface area contributed by atoms with Gasteiger partial charge in [-0.05, 0) is 12.8 Å². The van der Waals surface area contributed by atoms with Crippen molar-refractivity contribution in [3.05, 3.63) is 12.2 Å². The van der Waals surface area contributed by atoms with E-state index in [9.17, 15) is 27.6 Å². The first-order valence-corrected chi connectivity index (χ1v) is 5.77. The number of carbonyl (C=O) groups is 3. The van der Waals surface area contributed by atoms with Crippen LogP contribution in [0.1, 0.15) is 12.8 Å². The van der Waals surface area contributed by atoms with E-state index in [1.807, 2.05) is 5.32 Å². The fraction of sp³-hybridized carbons (Fsp3) is 0.545. The molecule has 2 N–H and O–H groups in total. The Balaban J connectivity index is 2.55. The summed E-state index contributed by atoms with van der Waals surface area (Å²) in [7, 11) is 0. The van der Waals surface area contributed by atoms with E-state index in [0.29, 0.717) is 12.2 Å². The number of carboxylic acid groups (broad SMARTS) is 1. The normalized spacial score (nSPS) is 19.9. The molecule has 0 aromatic rings. The number of hydrogen-bond donors (Lipinski definition) is 2. The number of imide groups is 1. The zero-order valence-corrected chi connectivity index (χ0v) is 10.3. The van der Waals surface area contributed by atoms with Crippen molar-refractivity contribution in [2.75, 3.05) is 13.1 Å². The van der Waals surface area contributed by atoms with Crippen molar-refractivity contribution >= 4 is 17.9 Å². The number of halogens is 3. The van der Waals surface area contributed by atoms with Gasteiger partial charge in [0, 0.05) is 25.2 Å². The van der Waals surface area contributed by atoms with Crippen LogP contribution >= 0.6 is 0 Å². The molecule has 1 atom stereocenters. The third-order valence-corrected chi connectivity index (χ3v) is 2.78. The number of nitrogens with zero attached hydrogens (tertiary/aromatic N) is 1. The van der Waals surface area contributed by atoms with Crippen molar-refractivity contribution in [2.45, 2.75) is 19.0 Å². The molecule has 1 aliphatic heterocycles. The standard InChI is InChI=1S/C11H13F3N2O4/c12-11(13,14)7-2-1-5-16(6-7)10(20)15-8(17)3-4-9(18)19/h3-4,7H,1-2,5-6H2,(H,18,19)(H,15,17,20). The number of hydrogen-bond acceptors (Lipinski definition) is 3. The fourth-order valence-electron chi connectivity index (χ4n) is 1.80. The number of likely N-dealkylation sites (tertiary alicyclic amines) is 1. The number of amides is 3. The van der Waals surface area contributed by atoms with Gasteiger partial charge in [-0.2, -0.15) is 13.2 Å². The lowest BCUT2D eigenvalue weighted by atomic mass is 9.98. The highest BCUT2D eigenvalue weighted by Gasteiger charge is 2.42. The molecule has 112 valence electrons. The highest BCUT2D eigenvalue weighted by Crippen LogP contribution is 2.32. The highest BCUT2D eigenvalue weighted by molar-refractivity contribution is 6.02. The van der Waals surface area contributed by atoms with Crippen molar-refractivity contribution in [1.29, 1.82) is 0 Å². The molecule has 1 fully saturated rings. The van der Waals surface area contributed by atoms with Gasteiger partial charge in [0.15, 0.2) is 0 Å². The minimum Gasteiger partial charge on any atom is -0.478 e. The quantitative estimate of drug-likeness (QED) is 0.748. The Morgan fingerprint density at radius 3 is 2.45 bits per heavy atom. The molecular formula is C11H13F3N2O4. The lowest BCUT2D eigenvalue weighted by Gasteiger charge is -2.33. The summed E-state index contributed by atoms with van der Waals surface area (Å²) in [4.78, 5) is 33.8. The van der Waals surface area contributed by atoms with Crippen LogP contribution in [0.3, 0.4) is 0 Å². The Morgan fingerprint density at radius 1 is 1.25 bits per heavy atom. The van der Waals surface area contributed by atoms with Crippen LogP contribution in [0.25, 0.3) is 0 Å². The molecule has 0 aromatic carbocycles. The van der Waals surface area contributed by atoms with Gasteiger partial charge in [-0.25, -0.2) is 9.59 Å². The molecule has 1 rings (SSSR count). The molecule has 1 heterocycles. The molecular weight excluding hydrogens is 281 g/mol. The van der Waals surface area contributed by atoms with Crippen molar-refractivity contribution < 1.29 is 32.7 Å². The van der Waals surface area contributed by atoms with Gasteiger partial charge in [0.1, 0.15) is 0 Å². The third kappa shape index (κ3) is 4.90. The second kappa shape index (κ2) is 6.40. The van der Waals surface area contributed by atoms with E-state index >= 15 is 0 Å². The Bertz CT molecular complexity index is 434. The van der Waals surface area contributed by atoms with Gasteiger partial charge in [-0.3, -0.25) is 10.1 Å². The van der Waals surface area contributed by atoms with Crippen LogP contribution in [0.15, 0.2) is 12.2 Å². The summed E-state index contributed by atoms with van der Waals surface area (Å²) in [5, 5.41) is 10.1. The summed E-state index contributed by atoms with van der Waals surface area (Å²) < 4.78 is 37.6. The molecule has 6 nitrogen and oxygen atoms in total. The SMILES string of the molecule is O=C(O)C=CC(=O)NC(=O)N1CCCC(C(F)(F)F)C1. The van der Waals surface area contributed by atoms with Gasteiger partial charge in [0.25, 0.3) is 5.91 Å². The molecule has 0 spiro atoms. The average Bonchev–Trinajstić information content (AvgIpc) is 2.35. The summed E-state index contributed by atoms with van der Waals surface area (Å²) in [6.45, 7) is -0.389. The monoisotopic (exact) mass is 294 g/mol. The van der Waals surface area contributed by atoms with Crippen LogP contribution < -0.4 is 5.32 Å². The molecule has 9 heteroatoms. The fourth-order valence-corrected chi connectivity index (χ4v) is 1.80. The molecule has 0 aromatic heterocycles. The van der Waals surface area contributed by atoms with E-state index in [1.54, 1.807) is 0 Å². The first kappa shape index (κ1) is 16.0. The minimum atomic E-state index is -4.38. The Kier molecular flexibility index (Phi) is 5.12. The van der Waals surface area contributed by atoms with Crippen molar-refractivity contribution in [1.82, 2.24) is 10.2 Å². The number of piperidine rings is 1. The number of carboxylic acids is 1. The van der Waals surface area contributed by atoms with Crippen LogP contribution in [0.4, 0.5) is 18.0 Å². The predicted octanol–water partition coefficient (Wildman–Crippen LogP) is 1.14. The number of nitrogens with one attached hydrogen (secondary N) is 1. The van der Waals surface area contributed by atoms with E-state index < -0.39 is 36.5 Å². The molecule has 1 aliphatic rings. The van der Waals surface area contributed by atoms with Gasteiger partial charge >= 0.3 is 18.2 Å². The summed E-state index contributed by atoms with van der Waals surface area (Å²) in [5.74, 6) is -3.97. The Morgan fingerprint density at radius 2 is 1.90 bits per heavy atom. The zero-order chi connectivity index (χ0) is 15.3. The van der Waals surface area contributed by atoms with Crippen LogP contribution in [0.5, 0.6) is 0 Å². The molecule has 3 amide bonds. The summed E-state index contributed by atoms with van der Waals surface area (Å²) in [5.41, 5.74) is 0. The second-order valence-electron chi connectivity index (χ2n) is 4.29. The molecule has 0 saturated carbocycles. The van der Waals surface area contributed by atoms with Gasteiger partial charge in [0.05, 0.1) is 5.92 Å². The van der Waals surface area contributed by atoms with Crippen LogP contribution in [0.2, 0.25) is 0 Å². The van der Waals surface area contributed by atoms with Crippen LogP contribution in [0, 0.1) is 5.92 Å². The van der Waals surface area contributed by atoms with Crippen molar-refractivity contribution in [3.63, 3.8) is 0 Å². The lowest BCUT2D eigenvalue weighted by Crippen LogP contribution is -2.49. The van der Waals surface area contributed by atoms with E-state index in [0.717, 1.165) is 4.90 Å². The maximum Gasteiger partial charge on any atom is 0.393 e. The van der Waals surface area contributed by atoms with Gasteiger partial charge in [0.2, 0.25) is 0 Å². The first-order chi connectivity index (χ1) is 9.20. The largest absolute Gasteiger partial charge is 0.478 e. The van der Waals surface area contributed by atoms with Gasteiger partial charge in [-0.15, -0.1) is 0 Å². The Hall–Kier alpha value is -2.06. The first-order valence-electron chi connectivity index (χ1n) is 5.77. The number of alkyl halides is 3. The number of urea groups is 1. The van der Waals surface area contributed by atoms with Gasteiger partial charge in [-0.1, -0.05) is 0 Å². The number of rotatable bonds is 2. The molecule has 1 saturated heterocycles. The smallest absolute Gasteiger partial charge is 0.393 e. The molecule has 0 radical (unpaired) electrons.